The van der Waals surface area contributed by atoms with Crippen LogP contribution in [0.1, 0.15) is 39.0 Å². The van der Waals surface area contributed by atoms with E-state index < -0.39 is 11.9 Å². The van der Waals surface area contributed by atoms with Gasteiger partial charge in [-0.1, -0.05) is 19.8 Å². The van der Waals surface area contributed by atoms with Crippen LogP contribution in [0, 0.1) is 0 Å². The number of benzene rings is 1. The molecule has 7 nitrogen and oxygen atoms in total. The summed E-state index contributed by atoms with van der Waals surface area (Å²) in [6.07, 6.45) is 7.52. The second kappa shape index (κ2) is 13.6. The Morgan fingerprint density at radius 3 is 2.22 bits per heavy atom. The molecule has 0 unspecified atom stereocenters. The van der Waals surface area contributed by atoms with Gasteiger partial charge in [-0.15, -0.1) is 0 Å². The molecule has 0 atom stereocenters. The minimum absolute atomic E-state index is 0.379. The first kappa shape index (κ1) is 22.5. The van der Waals surface area contributed by atoms with Gasteiger partial charge in [0.25, 0.3) is 0 Å². The normalized spacial score (nSPS) is 14.3. The van der Waals surface area contributed by atoms with Crippen LogP contribution >= 0.6 is 0 Å². The number of hydrogen-bond acceptors (Lipinski definition) is 5. The summed E-state index contributed by atoms with van der Waals surface area (Å²) in [7, 11) is 0. The number of ether oxygens (including phenoxy) is 1. The smallest absolute Gasteiger partial charge is 0.328 e. The quantitative estimate of drug-likeness (QED) is 0.386. The van der Waals surface area contributed by atoms with Crippen molar-refractivity contribution in [3.05, 3.63) is 36.4 Å². The highest BCUT2D eigenvalue weighted by Gasteiger charge is 2.14. The monoisotopic (exact) mass is 378 g/mol. The Balaban J connectivity index is 0.000000387. The van der Waals surface area contributed by atoms with E-state index in [9.17, 15) is 9.59 Å². The molecule has 0 spiro atoms. The van der Waals surface area contributed by atoms with Crippen molar-refractivity contribution in [2.75, 3.05) is 25.0 Å². The van der Waals surface area contributed by atoms with E-state index in [1.807, 2.05) is 0 Å². The second-order valence-electron chi connectivity index (χ2n) is 6.24. The molecular formula is C20H30N2O5. The average Bonchev–Trinajstić information content (AvgIpc) is 2.66. The average molecular weight is 378 g/mol. The Morgan fingerprint density at radius 2 is 1.70 bits per heavy atom. The fraction of sp³-hybridized carbons (Fsp3) is 0.500. The van der Waals surface area contributed by atoms with Crippen molar-refractivity contribution in [1.82, 2.24) is 5.32 Å². The molecular weight excluding hydrogens is 348 g/mol. The molecule has 0 amide bonds. The number of nitrogens with one attached hydrogen (secondary N) is 2. The largest absolute Gasteiger partial charge is 0.490 e. The molecule has 0 radical (unpaired) electrons. The van der Waals surface area contributed by atoms with E-state index in [-0.39, 0.29) is 0 Å². The van der Waals surface area contributed by atoms with Crippen molar-refractivity contribution in [2.45, 2.75) is 45.1 Å². The van der Waals surface area contributed by atoms with Gasteiger partial charge in [0.2, 0.25) is 0 Å². The Morgan fingerprint density at radius 1 is 1.11 bits per heavy atom. The van der Waals surface area contributed by atoms with Crippen molar-refractivity contribution in [1.29, 1.82) is 0 Å². The van der Waals surface area contributed by atoms with Gasteiger partial charge in [-0.25, -0.2) is 9.59 Å². The lowest BCUT2D eigenvalue weighted by Gasteiger charge is -2.23. The Hall–Kier alpha value is -2.54. The molecule has 0 aliphatic carbocycles. The van der Waals surface area contributed by atoms with Gasteiger partial charge in [0.05, 0.1) is 0 Å². The van der Waals surface area contributed by atoms with E-state index in [4.69, 9.17) is 14.9 Å². The van der Waals surface area contributed by atoms with E-state index in [1.165, 1.54) is 24.9 Å². The first-order chi connectivity index (χ1) is 13.0. The molecule has 0 aromatic heterocycles. The molecule has 0 saturated carbocycles. The highest BCUT2D eigenvalue weighted by molar-refractivity contribution is 5.89. The maximum atomic E-state index is 9.55. The van der Waals surface area contributed by atoms with Crippen molar-refractivity contribution in [3.63, 3.8) is 0 Å². The maximum absolute atomic E-state index is 9.55. The van der Waals surface area contributed by atoms with Crippen LogP contribution < -0.4 is 15.4 Å². The van der Waals surface area contributed by atoms with Crippen LogP contribution in [0.4, 0.5) is 5.69 Å². The van der Waals surface area contributed by atoms with Gasteiger partial charge in [0, 0.05) is 24.4 Å². The topological polar surface area (TPSA) is 108 Å². The number of unbranched alkanes of at least 4 members (excludes halogenated alkanes) is 2. The van der Waals surface area contributed by atoms with Crippen molar-refractivity contribution >= 4 is 17.6 Å². The van der Waals surface area contributed by atoms with Crippen LogP contribution in [0.2, 0.25) is 0 Å². The molecule has 1 aliphatic heterocycles. The zero-order valence-electron chi connectivity index (χ0n) is 15.8. The summed E-state index contributed by atoms with van der Waals surface area (Å²) in [5, 5.41) is 22.4. The molecule has 0 bridgehead atoms. The van der Waals surface area contributed by atoms with Gasteiger partial charge in [-0.05, 0) is 56.6 Å². The standard InChI is InChI=1S/C16H26N2O.C4H4O4/c1-2-3-4-11-18-14-5-7-15(8-6-14)19-16-9-12-17-13-10-16;5-3(6)1-2-4(7)8/h5-8,16-18H,2-4,9-13H2,1H3;1-2H,(H,5,6)(H,7,8). The van der Waals surface area contributed by atoms with Crippen LogP contribution in [0.3, 0.4) is 0 Å². The van der Waals surface area contributed by atoms with Crippen LogP contribution in [0.5, 0.6) is 5.75 Å². The molecule has 1 aromatic carbocycles. The van der Waals surface area contributed by atoms with E-state index in [0.717, 1.165) is 38.2 Å². The van der Waals surface area contributed by atoms with Gasteiger partial charge in [-0.2, -0.15) is 0 Å². The summed E-state index contributed by atoms with van der Waals surface area (Å²) in [6.45, 7) is 5.43. The molecule has 1 heterocycles. The van der Waals surface area contributed by atoms with Crippen molar-refractivity contribution in [3.8, 4) is 5.75 Å². The zero-order chi connectivity index (χ0) is 19.9. The van der Waals surface area contributed by atoms with Crippen molar-refractivity contribution < 1.29 is 24.5 Å². The lowest BCUT2D eigenvalue weighted by atomic mass is 10.1. The van der Waals surface area contributed by atoms with Crippen LogP contribution in [-0.4, -0.2) is 47.9 Å². The van der Waals surface area contributed by atoms with Gasteiger partial charge >= 0.3 is 11.9 Å². The molecule has 7 heteroatoms. The lowest BCUT2D eigenvalue weighted by Crippen LogP contribution is -2.34. The summed E-state index contributed by atoms with van der Waals surface area (Å²) >= 11 is 0. The number of piperidine rings is 1. The summed E-state index contributed by atoms with van der Waals surface area (Å²) in [5.41, 5.74) is 1.19. The summed E-state index contributed by atoms with van der Waals surface area (Å²) in [6, 6.07) is 8.37. The zero-order valence-corrected chi connectivity index (χ0v) is 15.8. The number of carbonyl (C=O) groups is 2. The third kappa shape index (κ3) is 11.6. The fourth-order valence-corrected chi connectivity index (χ4v) is 2.51. The number of rotatable bonds is 9. The third-order valence-electron chi connectivity index (χ3n) is 3.92. The minimum Gasteiger partial charge on any atom is -0.490 e. The fourth-order valence-electron chi connectivity index (χ4n) is 2.51. The summed E-state index contributed by atoms with van der Waals surface area (Å²) in [5.74, 6) is -1.52. The lowest BCUT2D eigenvalue weighted by molar-refractivity contribution is -0.134. The number of hydrogen-bond donors (Lipinski definition) is 4. The van der Waals surface area contributed by atoms with Crippen LogP contribution in [0.15, 0.2) is 36.4 Å². The molecule has 1 fully saturated rings. The van der Waals surface area contributed by atoms with Gasteiger partial charge < -0.3 is 25.6 Å². The van der Waals surface area contributed by atoms with E-state index in [1.54, 1.807) is 0 Å². The highest BCUT2D eigenvalue weighted by Crippen LogP contribution is 2.19. The first-order valence-corrected chi connectivity index (χ1v) is 9.36. The molecule has 1 aliphatic rings. The maximum Gasteiger partial charge on any atom is 0.328 e. The summed E-state index contributed by atoms with van der Waals surface area (Å²) < 4.78 is 5.99. The van der Waals surface area contributed by atoms with Crippen molar-refractivity contribution in [2.24, 2.45) is 0 Å². The minimum atomic E-state index is -1.26. The second-order valence-corrected chi connectivity index (χ2v) is 6.24. The van der Waals surface area contributed by atoms with Gasteiger partial charge in [0.1, 0.15) is 11.9 Å². The van der Waals surface area contributed by atoms with E-state index in [0.29, 0.717) is 18.3 Å². The molecule has 4 N–H and O–H groups in total. The molecule has 27 heavy (non-hydrogen) atoms. The molecule has 150 valence electrons. The Bertz CT molecular complexity index is 565. The van der Waals surface area contributed by atoms with Crippen LogP contribution in [-0.2, 0) is 9.59 Å². The predicted octanol–water partition coefficient (Wildman–Crippen LogP) is 3.13. The van der Waals surface area contributed by atoms with E-state index in [2.05, 4.69) is 41.8 Å². The SMILES string of the molecule is CCCCCNc1ccc(OC2CCNCC2)cc1.O=C(O)C=CC(=O)O. The molecule has 1 saturated heterocycles. The predicted molar refractivity (Wildman–Crippen MR) is 105 cm³/mol. The number of carboxylic acids is 2. The van der Waals surface area contributed by atoms with Crippen LogP contribution in [0.25, 0.3) is 0 Å². The number of carboxylic acid groups (broad SMARTS) is 2. The molecule has 2 rings (SSSR count). The number of aliphatic carboxylic acids is 2. The van der Waals surface area contributed by atoms with Gasteiger partial charge in [0.15, 0.2) is 0 Å². The van der Waals surface area contributed by atoms with Gasteiger partial charge in [-0.3, -0.25) is 0 Å². The Kier molecular flexibility index (Phi) is 11.4. The number of anilines is 1. The first-order valence-electron chi connectivity index (χ1n) is 9.36. The third-order valence-corrected chi connectivity index (χ3v) is 3.92. The molecule has 1 aromatic rings. The van der Waals surface area contributed by atoms with E-state index >= 15 is 0 Å². The highest BCUT2D eigenvalue weighted by atomic mass is 16.5. The Labute approximate surface area is 160 Å². The summed E-state index contributed by atoms with van der Waals surface area (Å²) in [4.78, 5) is 19.1.